The molecule has 0 spiro atoms. The lowest BCUT2D eigenvalue weighted by Crippen LogP contribution is -2.17. The predicted octanol–water partition coefficient (Wildman–Crippen LogP) is 3.38. The van der Waals surface area contributed by atoms with E-state index >= 15 is 0 Å². The number of nitrogens with zero attached hydrogens (tertiary/aromatic N) is 2. The summed E-state index contributed by atoms with van der Waals surface area (Å²) in [5.41, 5.74) is 10.2. The second-order valence-electron chi connectivity index (χ2n) is 4.25. The van der Waals surface area contributed by atoms with E-state index in [1.54, 1.807) is 17.4 Å². The Morgan fingerprint density at radius 3 is 2.79 bits per heavy atom. The van der Waals surface area contributed by atoms with Crippen LogP contribution in [-0.2, 0) is 6.54 Å². The van der Waals surface area contributed by atoms with E-state index in [9.17, 15) is 0 Å². The van der Waals surface area contributed by atoms with Crippen molar-refractivity contribution in [3.63, 3.8) is 0 Å². The summed E-state index contributed by atoms with van der Waals surface area (Å²) in [7, 11) is 2.00. The first-order valence-electron chi connectivity index (χ1n) is 5.68. The number of halogens is 1. The van der Waals surface area contributed by atoms with Crippen LogP contribution in [0.4, 0.5) is 5.69 Å². The Hall–Kier alpha value is -1.17. The van der Waals surface area contributed by atoms with Gasteiger partial charge in [0.2, 0.25) is 0 Å². The number of hydrogen-bond donors (Lipinski definition) is 1. The standard InChI is InChI=1S/C13H14ClN3S2/c1-8-12(19-7-16-8)6-17(2)11-4-3-9(13(15)18)5-10(11)14/h3-5,7H,6H2,1-2H3,(H2,15,18). The van der Waals surface area contributed by atoms with Gasteiger partial charge in [-0.05, 0) is 25.1 Å². The van der Waals surface area contributed by atoms with Gasteiger partial charge in [-0.1, -0.05) is 23.8 Å². The van der Waals surface area contributed by atoms with Gasteiger partial charge in [0.05, 0.1) is 28.5 Å². The summed E-state index contributed by atoms with van der Waals surface area (Å²) >= 11 is 12.9. The summed E-state index contributed by atoms with van der Waals surface area (Å²) in [6.07, 6.45) is 0. The van der Waals surface area contributed by atoms with E-state index in [1.807, 2.05) is 31.6 Å². The van der Waals surface area contributed by atoms with E-state index in [-0.39, 0.29) is 0 Å². The highest BCUT2D eigenvalue weighted by Gasteiger charge is 2.11. The van der Waals surface area contributed by atoms with E-state index in [2.05, 4.69) is 9.88 Å². The monoisotopic (exact) mass is 311 g/mol. The van der Waals surface area contributed by atoms with E-state index in [1.165, 1.54) is 4.88 Å². The van der Waals surface area contributed by atoms with Crippen LogP contribution in [0.3, 0.4) is 0 Å². The highest BCUT2D eigenvalue weighted by atomic mass is 35.5. The lowest BCUT2D eigenvalue weighted by atomic mass is 10.2. The number of aromatic nitrogens is 1. The second-order valence-corrected chi connectivity index (χ2v) is 6.03. The molecule has 0 unspecified atom stereocenters. The zero-order chi connectivity index (χ0) is 14.0. The summed E-state index contributed by atoms with van der Waals surface area (Å²) in [6, 6.07) is 5.63. The van der Waals surface area contributed by atoms with Crippen molar-refractivity contribution in [2.75, 3.05) is 11.9 Å². The zero-order valence-corrected chi connectivity index (χ0v) is 13.1. The zero-order valence-electron chi connectivity index (χ0n) is 10.7. The molecule has 2 rings (SSSR count). The molecule has 0 aliphatic heterocycles. The number of anilines is 1. The SMILES string of the molecule is Cc1ncsc1CN(C)c1ccc(C(N)=S)cc1Cl. The number of nitrogens with two attached hydrogens (primary N) is 1. The van der Waals surface area contributed by atoms with Gasteiger partial charge in [-0.15, -0.1) is 11.3 Å². The average Bonchev–Trinajstić information content (AvgIpc) is 2.74. The quantitative estimate of drug-likeness (QED) is 0.879. The maximum Gasteiger partial charge on any atom is 0.104 e. The molecule has 100 valence electrons. The molecule has 0 saturated carbocycles. The van der Waals surface area contributed by atoms with Gasteiger partial charge >= 0.3 is 0 Å². The van der Waals surface area contributed by atoms with Gasteiger partial charge in [-0.3, -0.25) is 0 Å². The van der Waals surface area contributed by atoms with Crippen LogP contribution in [0.25, 0.3) is 0 Å². The average molecular weight is 312 g/mol. The Labute approximate surface area is 127 Å². The summed E-state index contributed by atoms with van der Waals surface area (Å²) in [6.45, 7) is 2.79. The molecule has 3 nitrogen and oxygen atoms in total. The number of benzene rings is 1. The molecule has 1 aromatic heterocycles. The molecule has 1 heterocycles. The van der Waals surface area contributed by atoms with Crippen molar-refractivity contribution in [2.24, 2.45) is 5.73 Å². The summed E-state index contributed by atoms with van der Waals surface area (Å²) < 4.78 is 0. The smallest absolute Gasteiger partial charge is 0.104 e. The highest BCUT2D eigenvalue weighted by molar-refractivity contribution is 7.80. The van der Waals surface area contributed by atoms with Gasteiger partial charge in [0.25, 0.3) is 0 Å². The van der Waals surface area contributed by atoms with Gasteiger partial charge in [0.15, 0.2) is 0 Å². The summed E-state index contributed by atoms with van der Waals surface area (Å²) in [5, 5.41) is 0.648. The van der Waals surface area contributed by atoms with Crippen LogP contribution < -0.4 is 10.6 Å². The normalized spacial score (nSPS) is 10.5. The van der Waals surface area contributed by atoms with Crippen LogP contribution in [0.5, 0.6) is 0 Å². The third kappa shape index (κ3) is 3.23. The largest absolute Gasteiger partial charge is 0.389 e. The van der Waals surface area contributed by atoms with Crippen molar-refractivity contribution in [3.05, 3.63) is 44.9 Å². The van der Waals surface area contributed by atoms with Crippen LogP contribution in [0.1, 0.15) is 16.1 Å². The molecule has 2 aromatic rings. The number of thiocarbonyl (C=S) groups is 1. The first-order chi connectivity index (χ1) is 8.99. The fourth-order valence-corrected chi connectivity index (χ4v) is 3.03. The molecular weight excluding hydrogens is 298 g/mol. The maximum absolute atomic E-state index is 6.28. The third-order valence-corrected chi connectivity index (χ3v) is 4.33. The molecule has 0 aliphatic carbocycles. The summed E-state index contributed by atoms with van der Waals surface area (Å²) in [5.74, 6) is 0. The predicted molar refractivity (Wildman–Crippen MR) is 86.3 cm³/mol. The molecule has 0 fully saturated rings. The van der Waals surface area contributed by atoms with Crippen LogP contribution in [0.15, 0.2) is 23.7 Å². The number of thiazole rings is 1. The fourth-order valence-electron chi connectivity index (χ4n) is 1.75. The fraction of sp³-hybridized carbons (Fsp3) is 0.231. The van der Waals surface area contributed by atoms with Crippen molar-refractivity contribution in [1.29, 1.82) is 0 Å². The minimum Gasteiger partial charge on any atom is -0.389 e. The molecule has 19 heavy (non-hydrogen) atoms. The van der Waals surface area contributed by atoms with Crippen LogP contribution in [0, 0.1) is 6.92 Å². The van der Waals surface area contributed by atoms with Gasteiger partial charge in [-0.2, -0.15) is 0 Å². The topological polar surface area (TPSA) is 42.2 Å². The van der Waals surface area contributed by atoms with E-state index in [0.29, 0.717) is 10.0 Å². The molecule has 0 aliphatic rings. The molecule has 0 atom stereocenters. The Bertz CT molecular complexity index is 610. The van der Waals surface area contributed by atoms with Crippen LogP contribution in [0.2, 0.25) is 5.02 Å². The Balaban J connectivity index is 2.22. The highest BCUT2D eigenvalue weighted by Crippen LogP contribution is 2.28. The molecule has 0 radical (unpaired) electrons. The molecule has 6 heteroatoms. The molecule has 0 bridgehead atoms. The first kappa shape index (κ1) is 14.2. The van der Waals surface area contributed by atoms with E-state index in [0.717, 1.165) is 23.5 Å². The lowest BCUT2D eigenvalue weighted by Gasteiger charge is -2.20. The van der Waals surface area contributed by atoms with Crippen molar-refractivity contribution in [1.82, 2.24) is 4.98 Å². The van der Waals surface area contributed by atoms with Crippen LogP contribution in [-0.4, -0.2) is 17.0 Å². The van der Waals surface area contributed by atoms with Crippen molar-refractivity contribution >= 4 is 45.8 Å². The number of hydrogen-bond acceptors (Lipinski definition) is 4. The molecule has 0 amide bonds. The first-order valence-corrected chi connectivity index (χ1v) is 7.35. The van der Waals surface area contributed by atoms with Crippen molar-refractivity contribution in [3.8, 4) is 0 Å². The minimum atomic E-state index is 0.356. The Morgan fingerprint density at radius 1 is 1.53 bits per heavy atom. The van der Waals surface area contributed by atoms with Gasteiger partial charge in [0.1, 0.15) is 4.99 Å². The minimum absolute atomic E-state index is 0.356. The molecule has 0 saturated heterocycles. The van der Waals surface area contributed by atoms with E-state index < -0.39 is 0 Å². The summed E-state index contributed by atoms with van der Waals surface area (Å²) in [4.78, 5) is 7.93. The van der Waals surface area contributed by atoms with Gasteiger partial charge in [0, 0.05) is 17.5 Å². The van der Waals surface area contributed by atoms with Crippen molar-refractivity contribution < 1.29 is 0 Å². The Kier molecular flexibility index (Phi) is 4.39. The van der Waals surface area contributed by atoms with Gasteiger partial charge in [-0.25, -0.2) is 4.98 Å². The van der Waals surface area contributed by atoms with Crippen molar-refractivity contribution in [2.45, 2.75) is 13.5 Å². The van der Waals surface area contributed by atoms with E-state index in [4.69, 9.17) is 29.6 Å². The number of rotatable bonds is 4. The van der Waals surface area contributed by atoms with Crippen LogP contribution >= 0.6 is 35.2 Å². The lowest BCUT2D eigenvalue weighted by molar-refractivity contribution is 0.926. The second kappa shape index (κ2) is 5.86. The Morgan fingerprint density at radius 2 is 2.26 bits per heavy atom. The molecule has 1 aromatic carbocycles. The van der Waals surface area contributed by atoms with Gasteiger partial charge < -0.3 is 10.6 Å². The maximum atomic E-state index is 6.28. The third-order valence-electron chi connectivity index (χ3n) is 2.87. The molecule has 2 N–H and O–H groups in total. The number of aryl methyl sites for hydroxylation is 1. The molecular formula is C13H14ClN3S2.